The second-order valence-electron chi connectivity index (χ2n) is 7.41. The molecule has 2 aromatic carbocycles. The molecule has 2 atom stereocenters. The molecule has 0 aliphatic heterocycles. The van der Waals surface area contributed by atoms with Crippen molar-refractivity contribution in [2.24, 2.45) is 5.92 Å². The molecular weight excluding hydrogens is 366 g/mol. The number of ether oxygens (including phenoxy) is 1. The van der Waals surface area contributed by atoms with Gasteiger partial charge in [-0.2, -0.15) is 0 Å². The monoisotopic (exact) mass is 393 g/mol. The molecule has 0 aromatic heterocycles. The first-order valence-electron chi connectivity index (χ1n) is 9.94. The molecule has 0 saturated carbocycles. The summed E-state index contributed by atoms with van der Waals surface area (Å²) in [5, 5.41) is 9.68. The van der Waals surface area contributed by atoms with E-state index in [4.69, 9.17) is 4.74 Å². The maximum atomic E-state index is 12.9. The molecule has 0 saturated heterocycles. The van der Waals surface area contributed by atoms with Gasteiger partial charge in [-0.1, -0.05) is 74.9 Å². The molecular formula is C24H27NO4. The molecule has 5 heteroatoms. The summed E-state index contributed by atoms with van der Waals surface area (Å²) in [6.45, 7) is 7.68. The molecule has 29 heavy (non-hydrogen) atoms. The third-order valence-electron chi connectivity index (χ3n) is 5.67. The molecule has 1 N–H and O–H groups in total. The van der Waals surface area contributed by atoms with E-state index in [1.165, 1.54) is 11.0 Å². The summed E-state index contributed by atoms with van der Waals surface area (Å²) in [4.78, 5) is 26.0. The fourth-order valence-electron chi connectivity index (χ4n) is 4.02. The molecule has 0 spiro atoms. The summed E-state index contributed by atoms with van der Waals surface area (Å²) >= 11 is 0. The zero-order valence-corrected chi connectivity index (χ0v) is 16.9. The maximum Gasteiger partial charge on any atom is 0.410 e. The lowest BCUT2D eigenvalue weighted by Gasteiger charge is -2.31. The zero-order chi connectivity index (χ0) is 21.0. The van der Waals surface area contributed by atoms with Crippen LogP contribution in [0.4, 0.5) is 4.79 Å². The number of nitrogens with zero attached hydrogens (tertiary/aromatic N) is 1. The van der Waals surface area contributed by atoms with Crippen molar-refractivity contribution in [3.8, 4) is 11.1 Å². The fourth-order valence-corrected chi connectivity index (χ4v) is 4.02. The first-order chi connectivity index (χ1) is 14.0. The van der Waals surface area contributed by atoms with Gasteiger partial charge in [-0.25, -0.2) is 9.59 Å². The normalized spacial score (nSPS) is 14.4. The first kappa shape index (κ1) is 20.6. The van der Waals surface area contributed by atoms with Gasteiger partial charge in [0.25, 0.3) is 0 Å². The van der Waals surface area contributed by atoms with Crippen molar-refractivity contribution in [3.63, 3.8) is 0 Å². The highest BCUT2D eigenvalue weighted by atomic mass is 16.6. The average molecular weight is 393 g/mol. The van der Waals surface area contributed by atoms with Gasteiger partial charge in [-0.05, 0) is 28.2 Å². The Bertz CT molecular complexity index is 862. The number of fused-ring (bicyclic) bond motifs is 3. The Morgan fingerprint density at radius 2 is 1.69 bits per heavy atom. The van der Waals surface area contributed by atoms with Gasteiger partial charge in [-0.15, -0.1) is 6.58 Å². The van der Waals surface area contributed by atoms with Crippen molar-refractivity contribution < 1.29 is 19.4 Å². The van der Waals surface area contributed by atoms with Crippen LogP contribution >= 0.6 is 0 Å². The van der Waals surface area contributed by atoms with Crippen LogP contribution in [0.3, 0.4) is 0 Å². The van der Waals surface area contributed by atoms with Gasteiger partial charge in [0.2, 0.25) is 0 Å². The zero-order valence-electron chi connectivity index (χ0n) is 16.9. The standard InChI is InChI=1S/C24H27NO4/c1-4-14-25(22(23(26)27)16(3)5-2)24(28)29-15-21-19-12-8-6-10-17(19)18-11-7-9-13-20(18)21/h4,6-13,16,21-22H,1,5,14-15H2,2-3H3,(H,26,27)/t16-,22-/m0/s1. The van der Waals surface area contributed by atoms with E-state index >= 15 is 0 Å². The van der Waals surface area contributed by atoms with E-state index in [0.717, 1.165) is 22.3 Å². The van der Waals surface area contributed by atoms with Crippen molar-refractivity contribution >= 4 is 12.1 Å². The average Bonchev–Trinajstić information content (AvgIpc) is 3.05. The third kappa shape index (κ3) is 4.04. The lowest BCUT2D eigenvalue weighted by atomic mass is 9.97. The van der Waals surface area contributed by atoms with Crippen LogP contribution in [0.5, 0.6) is 0 Å². The molecule has 0 fully saturated rings. The van der Waals surface area contributed by atoms with E-state index in [2.05, 4.69) is 30.8 Å². The summed E-state index contributed by atoms with van der Waals surface area (Å²) in [5.74, 6) is -1.30. The molecule has 0 bridgehead atoms. The Hall–Kier alpha value is -3.08. The van der Waals surface area contributed by atoms with Crippen molar-refractivity contribution in [1.29, 1.82) is 0 Å². The predicted molar refractivity (Wildman–Crippen MR) is 113 cm³/mol. The van der Waals surface area contributed by atoms with Crippen LogP contribution in [-0.4, -0.2) is 41.3 Å². The molecule has 0 unspecified atom stereocenters. The van der Waals surface area contributed by atoms with Crippen molar-refractivity contribution in [3.05, 3.63) is 72.3 Å². The van der Waals surface area contributed by atoms with Crippen LogP contribution in [-0.2, 0) is 9.53 Å². The van der Waals surface area contributed by atoms with Crippen molar-refractivity contribution in [2.75, 3.05) is 13.2 Å². The van der Waals surface area contributed by atoms with E-state index in [-0.39, 0.29) is 25.0 Å². The van der Waals surface area contributed by atoms with Crippen LogP contribution in [0.15, 0.2) is 61.2 Å². The lowest BCUT2D eigenvalue weighted by Crippen LogP contribution is -2.49. The topological polar surface area (TPSA) is 66.8 Å². The molecule has 3 rings (SSSR count). The number of hydrogen-bond donors (Lipinski definition) is 1. The van der Waals surface area contributed by atoms with Gasteiger partial charge in [0.15, 0.2) is 0 Å². The van der Waals surface area contributed by atoms with Gasteiger partial charge in [0.05, 0.1) is 0 Å². The molecule has 1 aliphatic rings. The highest BCUT2D eigenvalue weighted by Gasteiger charge is 2.35. The third-order valence-corrected chi connectivity index (χ3v) is 5.67. The summed E-state index contributed by atoms with van der Waals surface area (Å²) in [5.41, 5.74) is 4.53. The largest absolute Gasteiger partial charge is 0.480 e. The Morgan fingerprint density at radius 3 is 2.17 bits per heavy atom. The van der Waals surface area contributed by atoms with E-state index < -0.39 is 18.1 Å². The van der Waals surface area contributed by atoms with Gasteiger partial charge in [0.1, 0.15) is 12.6 Å². The Morgan fingerprint density at radius 1 is 1.14 bits per heavy atom. The van der Waals surface area contributed by atoms with Gasteiger partial charge in [0, 0.05) is 12.5 Å². The second-order valence-corrected chi connectivity index (χ2v) is 7.41. The number of rotatable bonds is 8. The lowest BCUT2D eigenvalue weighted by molar-refractivity contribution is -0.144. The van der Waals surface area contributed by atoms with Gasteiger partial charge >= 0.3 is 12.1 Å². The molecule has 0 heterocycles. The summed E-state index contributed by atoms with van der Waals surface area (Å²) in [6.07, 6.45) is 1.54. The summed E-state index contributed by atoms with van der Waals surface area (Å²) < 4.78 is 5.66. The molecule has 5 nitrogen and oxygen atoms in total. The molecule has 152 valence electrons. The molecule has 1 aliphatic carbocycles. The Labute approximate surface area is 171 Å². The molecule has 2 aromatic rings. The number of carbonyl (C=O) groups excluding carboxylic acids is 1. The van der Waals surface area contributed by atoms with Crippen molar-refractivity contribution in [2.45, 2.75) is 32.2 Å². The van der Waals surface area contributed by atoms with E-state index in [1.807, 2.05) is 38.1 Å². The number of aliphatic carboxylic acids is 1. The van der Waals surface area contributed by atoms with Crippen LogP contribution in [0.2, 0.25) is 0 Å². The molecule has 1 amide bonds. The number of carbonyl (C=O) groups is 2. The fraction of sp³-hybridized carbons (Fsp3) is 0.333. The number of carboxylic acid groups (broad SMARTS) is 1. The van der Waals surface area contributed by atoms with E-state index in [9.17, 15) is 14.7 Å². The van der Waals surface area contributed by atoms with Gasteiger partial charge in [-0.3, -0.25) is 4.90 Å². The van der Waals surface area contributed by atoms with E-state index in [0.29, 0.717) is 6.42 Å². The molecule has 0 radical (unpaired) electrons. The minimum Gasteiger partial charge on any atom is -0.480 e. The van der Waals surface area contributed by atoms with Crippen molar-refractivity contribution in [1.82, 2.24) is 4.90 Å². The smallest absolute Gasteiger partial charge is 0.410 e. The second kappa shape index (κ2) is 8.95. The Balaban J connectivity index is 1.81. The Kier molecular flexibility index (Phi) is 6.37. The predicted octanol–water partition coefficient (Wildman–Crippen LogP) is 4.92. The summed E-state index contributed by atoms with van der Waals surface area (Å²) in [7, 11) is 0. The van der Waals surface area contributed by atoms with Crippen LogP contribution < -0.4 is 0 Å². The first-order valence-corrected chi connectivity index (χ1v) is 9.94. The highest BCUT2D eigenvalue weighted by molar-refractivity contribution is 5.81. The number of benzene rings is 2. The van der Waals surface area contributed by atoms with Crippen LogP contribution in [0.25, 0.3) is 11.1 Å². The SMILES string of the molecule is C=CCN(C(=O)OCC1c2ccccc2-c2ccccc21)[C@H](C(=O)O)[C@@H](C)CC. The highest BCUT2D eigenvalue weighted by Crippen LogP contribution is 2.44. The van der Waals surface area contributed by atoms with Crippen LogP contribution in [0.1, 0.15) is 37.3 Å². The number of amides is 1. The van der Waals surface area contributed by atoms with Crippen LogP contribution in [0, 0.1) is 5.92 Å². The summed E-state index contributed by atoms with van der Waals surface area (Å²) in [6, 6.07) is 15.3. The van der Waals surface area contributed by atoms with E-state index in [1.54, 1.807) is 0 Å². The van der Waals surface area contributed by atoms with Gasteiger partial charge < -0.3 is 9.84 Å². The quantitative estimate of drug-likeness (QED) is 0.646. The maximum absolute atomic E-state index is 12.9. The number of hydrogen-bond acceptors (Lipinski definition) is 3. The number of carboxylic acids is 1. The minimum absolute atomic E-state index is 0.0659. The minimum atomic E-state index is -1.03.